The van der Waals surface area contributed by atoms with Crippen LogP contribution >= 0.6 is 0 Å². The van der Waals surface area contributed by atoms with Gasteiger partial charge in [0.25, 0.3) is 5.91 Å². The molecule has 1 N–H and O–H groups in total. The molecule has 0 radical (unpaired) electrons. The lowest BCUT2D eigenvalue weighted by molar-refractivity contribution is -0.130. The molecule has 1 saturated heterocycles. The highest BCUT2D eigenvalue weighted by molar-refractivity contribution is 6.09. The number of hydrogen-bond acceptors (Lipinski definition) is 3. The van der Waals surface area contributed by atoms with Gasteiger partial charge in [0.2, 0.25) is 0 Å². The van der Waals surface area contributed by atoms with E-state index in [1.807, 2.05) is 62.4 Å². The van der Waals surface area contributed by atoms with Crippen molar-refractivity contribution in [1.29, 1.82) is 0 Å². The molecule has 6 heteroatoms. The third kappa shape index (κ3) is 3.44. The van der Waals surface area contributed by atoms with Crippen LogP contribution in [0.2, 0.25) is 0 Å². The van der Waals surface area contributed by atoms with Gasteiger partial charge in [0, 0.05) is 0 Å². The molecule has 0 aromatic heterocycles. The zero-order chi connectivity index (χ0) is 22.2. The summed E-state index contributed by atoms with van der Waals surface area (Å²) in [6, 6.07) is 18.8. The molecule has 1 aliphatic rings. The molecule has 158 valence electrons. The molecule has 1 fully saturated rings. The van der Waals surface area contributed by atoms with Crippen molar-refractivity contribution in [2.75, 3.05) is 7.11 Å². The van der Waals surface area contributed by atoms with Crippen molar-refractivity contribution < 1.29 is 18.7 Å². The Hall–Kier alpha value is -3.67. The second-order valence-corrected chi connectivity index (χ2v) is 7.71. The average Bonchev–Trinajstić information content (AvgIpc) is 3.02. The summed E-state index contributed by atoms with van der Waals surface area (Å²) < 4.78 is 19.1. The molecule has 31 heavy (non-hydrogen) atoms. The number of nitrogens with zero attached hydrogens (tertiary/aromatic N) is 1. The fraction of sp³-hybridized carbons (Fsp3) is 0.200. The largest absolute Gasteiger partial charge is 0.494 e. The Kier molecular flexibility index (Phi) is 5.23. The van der Waals surface area contributed by atoms with Crippen LogP contribution < -0.4 is 10.1 Å². The number of rotatable bonds is 5. The van der Waals surface area contributed by atoms with E-state index in [1.54, 1.807) is 6.07 Å². The van der Waals surface area contributed by atoms with Gasteiger partial charge in [0.15, 0.2) is 17.1 Å². The first-order valence-corrected chi connectivity index (χ1v) is 9.96. The summed E-state index contributed by atoms with van der Waals surface area (Å²) in [6.07, 6.45) is 0. The van der Waals surface area contributed by atoms with Crippen molar-refractivity contribution in [3.8, 4) is 5.75 Å². The Bertz CT molecular complexity index is 1160. The van der Waals surface area contributed by atoms with E-state index in [-0.39, 0.29) is 12.3 Å². The van der Waals surface area contributed by atoms with Crippen molar-refractivity contribution >= 4 is 11.9 Å². The topological polar surface area (TPSA) is 58.6 Å². The number of carbonyl (C=O) groups is 2. The normalized spacial score (nSPS) is 18.3. The highest BCUT2D eigenvalue weighted by atomic mass is 19.1. The van der Waals surface area contributed by atoms with Crippen molar-refractivity contribution in [3.05, 3.63) is 100 Å². The first-order valence-electron chi connectivity index (χ1n) is 9.96. The van der Waals surface area contributed by atoms with Crippen LogP contribution in [0.25, 0.3) is 0 Å². The van der Waals surface area contributed by atoms with Gasteiger partial charge >= 0.3 is 6.03 Å². The number of amides is 3. The summed E-state index contributed by atoms with van der Waals surface area (Å²) in [7, 11) is 1.38. The van der Waals surface area contributed by atoms with Crippen LogP contribution in [-0.4, -0.2) is 23.9 Å². The van der Waals surface area contributed by atoms with Gasteiger partial charge in [-0.3, -0.25) is 9.69 Å². The maximum atomic E-state index is 14.2. The van der Waals surface area contributed by atoms with Crippen LogP contribution in [0.4, 0.5) is 9.18 Å². The van der Waals surface area contributed by atoms with E-state index in [0.717, 1.165) is 16.0 Å². The molecule has 5 nitrogen and oxygen atoms in total. The molecular weight excluding hydrogens is 395 g/mol. The van der Waals surface area contributed by atoms with Gasteiger partial charge in [-0.1, -0.05) is 54.6 Å². The summed E-state index contributed by atoms with van der Waals surface area (Å²) in [5, 5.41) is 2.92. The Balaban J connectivity index is 1.78. The zero-order valence-electron chi connectivity index (χ0n) is 17.6. The van der Waals surface area contributed by atoms with Crippen LogP contribution in [0.3, 0.4) is 0 Å². The number of nitrogens with one attached hydrogen (secondary N) is 1. The molecule has 1 aliphatic heterocycles. The third-order valence-electron chi connectivity index (χ3n) is 5.81. The van der Waals surface area contributed by atoms with Gasteiger partial charge in [-0.2, -0.15) is 0 Å². The Morgan fingerprint density at radius 3 is 2.32 bits per heavy atom. The van der Waals surface area contributed by atoms with Gasteiger partial charge in [-0.15, -0.1) is 0 Å². The number of benzene rings is 3. The second kappa shape index (κ2) is 7.87. The van der Waals surface area contributed by atoms with E-state index in [4.69, 9.17) is 4.74 Å². The van der Waals surface area contributed by atoms with Crippen molar-refractivity contribution in [2.24, 2.45) is 0 Å². The van der Waals surface area contributed by atoms with E-state index in [9.17, 15) is 14.0 Å². The fourth-order valence-corrected chi connectivity index (χ4v) is 3.93. The number of methoxy groups -OCH3 is 1. The van der Waals surface area contributed by atoms with Crippen molar-refractivity contribution in [2.45, 2.75) is 25.9 Å². The predicted octanol–water partition coefficient (Wildman–Crippen LogP) is 4.45. The summed E-state index contributed by atoms with van der Waals surface area (Å²) in [4.78, 5) is 27.9. The molecule has 4 rings (SSSR count). The quantitative estimate of drug-likeness (QED) is 0.623. The molecular formula is C25H23FN2O3. The molecule has 3 aromatic carbocycles. The Morgan fingerprint density at radius 1 is 0.935 bits per heavy atom. The lowest BCUT2D eigenvalue weighted by Gasteiger charge is -2.28. The average molecular weight is 418 g/mol. The molecule has 0 spiro atoms. The number of halogens is 1. The highest BCUT2D eigenvalue weighted by Crippen LogP contribution is 2.37. The first-order chi connectivity index (χ1) is 14.9. The first kappa shape index (κ1) is 20.6. The number of carbonyl (C=O) groups excluding carboxylic acids is 2. The second-order valence-electron chi connectivity index (χ2n) is 7.71. The maximum Gasteiger partial charge on any atom is 0.325 e. The lowest BCUT2D eigenvalue weighted by Crippen LogP contribution is -2.45. The molecule has 1 heterocycles. The highest BCUT2D eigenvalue weighted by Gasteiger charge is 2.53. The summed E-state index contributed by atoms with van der Waals surface area (Å²) in [5.74, 6) is -0.839. The minimum absolute atomic E-state index is 0.0506. The third-order valence-corrected chi connectivity index (χ3v) is 5.81. The van der Waals surface area contributed by atoms with Gasteiger partial charge in [-0.25, -0.2) is 9.18 Å². The number of imide groups is 1. The summed E-state index contributed by atoms with van der Waals surface area (Å²) in [6.45, 7) is 3.91. The maximum absolute atomic E-state index is 14.2. The van der Waals surface area contributed by atoms with Gasteiger partial charge < -0.3 is 10.1 Å². The van der Waals surface area contributed by atoms with Gasteiger partial charge in [0.1, 0.15) is 0 Å². The predicted molar refractivity (Wildman–Crippen MR) is 115 cm³/mol. The van der Waals surface area contributed by atoms with Gasteiger partial charge in [-0.05, 0) is 53.8 Å². The fourth-order valence-electron chi connectivity index (χ4n) is 3.93. The minimum atomic E-state index is -1.35. The van der Waals surface area contributed by atoms with E-state index >= 15 is 0 Å². The molecule has 0 bridgehead atoms. The van der Waals surface area contributed by atoms with Crippen LogP contribution in [-0.2, 0) is 16.9 Å². The number of urea groups is 1. The molecule has 0 aliphatic carbocycles. The Labute approximate surface area is 180 Å². The van der Waals surface area contributed by atoms with Crippen LogP contribution in [0.1, 0.15) is 27.8 Å². The molecule has 1 unspecified atom stereocenters. The standard InChI is InChI=1S/C25H23FN2O3/c1-16-9-11-20(13-17(16)2)25(19-7-5-4-6-8-19)23(29)28(24(30)27-25)15-18-10-12-22(31-3)21(26)14-18/h4-14H,15H2,1-3H3,(H,27,30). The minimum Gasteiger partial charge on any atom is -0.494 e. The smallest absolute Gasteiger partial charge is 0.325 e. The van der Waals surface area contributed by atoms with Crippen LogP contribution in [0.15, 0.2) is 66.7 Å². The lowest BCUT2D eigenvalue weighted by atomic mass is 9.81. The van der Waals surface area contributed by atoms with Crippen molar-refractivity contribution in [3.63, 3.8) is 0 Å². The molecule has 3 amide bonds. The summed E-state index contributed by atoms with van der Waals surface area (Å²) in [5.41, 5.74) is 2.61. The monoisotopic (exact) mass is 418 g/mol. The number of hydrogen-bond donors (Lipinski definition) is 1. The molecule has 1 atom stereocenters. The SMILES string of the molecule is COc1ccc(CN2C(=O)NC(c3ccccc3)(c3ccc(C)c(C)c3)C2=O)cc1F. The zero-order valence-corrected chi connectivity index (χ0v) is 17.6. The Morgan fingerprint density at radius 2 is 1.68 bits per heavy atom. The number of ether oxygens (including phenoxy) is 1. The molecule has 3 aromatic rings. The van der Waals surface area contributed by atoms with Gasteiger partial charge in [0.05, 0.1) is 13.7 Å². The van der Waals surface area contributed by atoms with Crippen molar-refractivity contribution in [1.82, 2.24) is 10.2 Å². The van der Waals surface area contributed by atoms with Crippen LogP contribution in [0.5, 0.6) is 5.75 Å². The number of aryl methyl sites for hydroxylation is 2. The van der Waals surface area contributed by atoms with E-state index in [2.05, 4.69) is 5.32 Å². The van der Waals surface area contributed by atoms with E-state index in [1.165, 1.54) is 19.2 Å². The van der Waals surface area contributed by atoms with E-state index < -0.39 is 23.3 Å². The van der Waals surface area contributed by atoms with E-state index in [0.29, 0.717) is 16.7 Å². The summed E-state index contributed by atoms with van der Waals surface area (Å²) >= 11 is 0. The molecule has 0 saturated carbocycles. The van der Waals surface area contributed by atoms with Crippen LogP contribution in [0, 0.1) is 19.7 Å².